The largest absolute Gasteiger partial charge is 0.416 e. The number of hydrogen-bond donors (Lipinski definition) is 1. The minimum atomic E-state index is -4.43. The standard InChI is InChI=1S/C20H15F3N4/c21-20(22,23)16-9-4-8-15(12-16)17-13-18(25-11-5-10-24)27-19(26-17)14-6-2-1-3-7-14/h1-4,6-9,12-13H,5,11H2,(H,25,26,27). The number of nitrogens with zero attached hydrogens (tertiary/aromatic N) is 3. The van der Waals surface area contributed by atoms with Crippen molar-refractivity contribution in [2.75, 3.05) is 11.9 Å². The Bertz CT molecular complexity index is 963. The molecule has 1 N–H and O–H groups in total. The second-order valence-electron chi connectivity index (χ2n) is 5.74. The zero-order valence-electron chi connectivity index (χ0n) is 14.2. The summed E-state index contributed by atoms with van der Waals surface area (Å²) in [5, 5.41) is 11.7. The lowest BCUT2D eigenvalue weighted by atomic mass is 10.1. The SMILES string of the molecule is N#CCCNc1cc(-c2cccc(C(F)(F)F)c2)nc(-c2ccccc2)n1. The number of rotatable bonds is 5. The molecule has 0 bridgehead atoms. The molecule has 0 saturated heterocycles. The van der Waals surface area contributed by atoms with Crippen molar-refractivity contribution in [1.82, 2.24) is 9.97 Å². The van der Waals surface area contributed by atoms with E-state index < -0.39 is 11.7 Å². The van der Waals surface area contributed by atoms with Crippen LogP contribution in [0.3, 0.4) is 0 Å². The number of nitriles is 1. The van der Waals surface area contributed by atoms with E-state index in [1.807, 2.05) is 36.4 Å². The van der Waals surface area contributed by atoms with Crippen LogP contribution in [0.2, 0.25) is 0 Å². The van der Waals surface area contributed by atoms with Crippen LogP contribution in [0.15, 0.2) is 60.7 Å². The monoisotopic (exact) mass is 368 g/mol. The Morgan fingerprint density at radius 1 is 0.926 bits per heavy atom. The maximum atomic E-state index is 13.0. The van der Waals surface area contributed by atoms with E-state index >= 15 is 0 Å². The lowest BCUT2D eigenvalue weighted by molar-refractivity contribution is -0.137. The molecule has 0 radical (unpaired) electrons. The Kier molecular flexibility index (Phi) is 5.36. The quantitative estimate of drug-likeness (QED) is 0.632. The van der Waals surface area contributed by atoms with Gasteiger partial charge in [0.2, 0.25) is 0 Å². The third-order valence-corrected chi connectivity index (χ3v) is 3.79. The number of benzene rings is 2. The van der Waals surface area contributed by atoms with E-state index in [0.29, 0.717) is 29.4 Å². The molecule has 0 fully saturated rings. The molecule has 7 heteroatoms. The van der Waals surface area contributed by atoms with Gasteiger partial charge in [-0.05, 0) is 12.1 Å². The van der Waals surface area contributed by atoms with E-state index in [4.69, 9.17) is 5.26 Å². The molecule has 136 valence electrons. The third-order valence-electron chi connectivity index (χ3n) is 3.79. The first kappa shape index (κ1) is 18.4. The summed E-state index contributed by atoms with van der Waals surface area (Å²) in [6, 6.07) is 17.8. The van der Waals surface area contributed by atoms with Gasteiger partial charge >= 0.3 is 6.18 Å². The first-order chi connectivity index (χ1) is 13.0. The third kappa shape index (κ3) is 4.61. The highest BCUT2D eigenvalue weighted by Crippen LogP contribution is 2.32. The Morgan fingerprint density at radius 2 is 1.67 bits per heavy atom. The summed E-state index contributed by atoms with van der Waals surface area (Å²) >= 11 is 0. The molecule has 0 aliphatic heterocycles. The highest BCUT2D eigenvalue weighted by atomic mass is 19.4. The molecule has 0 spiro atoms. The number of halogens is 3. The van der Waals surface area contributed by atoms with Gasteiger partial charge in [-0.15, -0.1) is 0 Å². The van der Waals surface area contributed by atoms with Gasteiger partial charge in [0.05, 0.1) is 23.7 Å². The van der Waals surface area contributed by atoms with Crippen molar-refractivity contribution in [2.24, 2.45) is 0 Å². The van der Waals surface area contributed by atoms with E-state index in [1.165, 1.54) is 6.07 Å². The van der Waals surface area contributed by atoms with E-state index in [0.717, 1.165) is 17.7 Å². The Morgan fingerprint density at radius 3 is 2.37 bits per heavy atom. The van der Waals surface area contributed by atoms with Crippen LogP contribution in [0.4, 0.5) is 19.0 Å². The maximum absolute atomic E-state index is 13.0. The fourth-order valence-electron chi connectivity index (χ4n) is 2.50. The van der Waals surface area contributed by atoms with Crippen LogP contribution in [0, 0.1) is 11.3 Å². The van der Waals surface area contributed by atoms with Crippen LogP contribution in [0.25, 0.3) is 22.6 Å². The molecule has 3 aromatic rings. The van der Waals surface area contributed by atoms with Gasteiger partial charge in [0.1, 0.15) is 5.82 Å². The molecule has 0 aliphatic rings. The van der Waals surface area contributed by atoms with Gasteiger partial charge in [-0.25, -0.2) is 9.97 Å². The molecular weight excluding hydrogens is 353 g/mol. The first-order valence-corrected chi connectivity index (χ1v) is 8.20. The summed E-state index contributed by atoms with van der Waals surface area (Å²) in [5.74, 6) is 0.844. The second kappa shape index (κ2) is 7.87. The van der Waals surface area contributed by atoms with Crippen molar-refractivity contribution >= 4 is 5.82 Å². The molecule has 0 atom stereocenters. The Labute approximate surface area is 154 Å². The van der Waals surface area contributed by atoms with Gasteiger partial charge in [-0.1, -0.05) is 42.5 Å². The molecule has 3 rings (SSSR count). The summed E-state index contributed by atoms with van der Waals surface area (Å²) in [6.45, 7) is 0.379. The van der Waals surface area contributed by atoms with Crippen molar-refractivity contribution in [1.29, 1.82) is 5.26 Å². The van der Waals surface area contributed by atoms with Crippen LogP contribution in [-0.4, -0.2) is 16.5 Å². The lowest BCUT2D eigenvalue weighted by Gasteiger charge is -2.11. The molecule has 1 aromatic heterocycles. The van der Waals surface area contributed by atoms with Crippen molar-refractivity contribution in [3.63, 3.8) is 0 Å². The molecule has 0 unspecified atom stereocenters. The van der Waals surface area contributed by atoms with Gasteiger partial charge in [-0.3, -0.25) is 0 Å². The number of anilines is 1. The van der Waals surface area contributed by atoms with Gasteiger partial charge < -0.3 is 5.32 Å². The first-order valence-electron chi connectivity index (χ1n) is 8.20. The van der Waals surface area contributed by atoms with Gasteiger partial charge in [0.15, 0.2) is 5.82 Å². The fraction of sp³-hybridized carbons (Fsp3) is 0.150. The average molecular weight is 368 g/mol. The van der Waals surface area contributed by atoms with E-state index in [9.17, 15) is 13.2 Å². The van der Waals surface area contributed by atoms with Crippen LogP contribution in [0.5, 0.6) is 0 Å². The molecule has 1 heterocycles. The molecule has 0 aliphatic carbocycles. The van der Waals surface area contributed by atoms with Crippen LogP contribution in [0.1, 0.15) is 12.0 Å². The van der Waals surface area contributed by atoms with E-state index in [1.54, 1.807) is 12.1 Å². The fourth-order valence-corrected chi connectivity index (χ4v) is 2.50. The number of aromatic nitrogens is 2. The highest BCUT2D eigenvalue weighted by molar-refractivity contribution is 5.68. The van der Waals surface area contributed by atoms with Crippen molar-refractivity contribution in [3.8, 4) is 28.7 Å². The van der Waals surface area contributed by atoms with Crippen molar-refractivity contribution in [2.45, 2.75) is 12.6 Å². The predicted octanol–water partition coefficient (Wildman–Crippen LogP) is 5.15. The van der Waals surface area contributed by atoms with Gasteiger partial charge in [-0.2, -0.15) is 18.4 Å². The summed E-state index contributed by atoms with van der Waals surface area (Å²) in [4.78, 5) is 8.86. The normalized spacial score (nSPS) is 11.0. The van der Waals surface area contributed by atoms with Crippen molar-refractivity contribution < 1.29 is 13.2 Å². The second-order valence-corrected chi connectivity index (χ2v) is 5.74. The minimum absolute atomic E-state index is 0.281. The number of nitrogens with one attached hydrogen (secondary N) is 1. The molecule has 0 amide bonds. The van der Waals surface area contributed by atoms with Crippen molar-refractivity contribution in [3.05, 3.63) is 66.2 Å². The maximum Gasteiger partial charge on any atom is 0.416 e. The Balaban J connectivity index is 2.06. The summed E-state index contributed by atoms with van der Waals surface area (Å²) in [6.07, 6.45) is -4.15. The molecule has 27 heavy (non-hydrogen) atoms. The highest BCUT2D eigenvalue weighted by Gasteiger charge is 2.30. The Hall–Kier alpha value is -3.40. The molecule has 2 aromatic carbocycles. The van der Waals surface area contributed by atoms with Crippen LogP contribution < -0.4 is 5.32 Å². The molecule has 0 saturated carbocycles. The minimum Gasteiger partial charge on any atom is -0.369 e. The smallest absolute Gasteiger partial charge is 0.369 e. The lowest BCUT2D eigenvalue weighted by Crippen LogP contribution is -2.06. The van der Waals surface area contributed by atoms with E-state index in [2.05, 4.69) is 15.3 Å². The zero-order chi connectivity index (χ0) is 19.3. The average Bonchev–Trinajstić information content (AvgIpc) is 2.68. The predicted molar refractivity (Wildman–Crippen MR) is 96.6 cm³/mol. The van der Waals surface area contributed by atoms with E-state index in [-0.39, 0.29) is 6.42 Å². The van der Waals surface area contributed by atoms with Crippen LogP contribution in [-0.2, 0) is 6.18 Å². The summed E-state index contributed by atoms with van der Waals surface area (Å²) in [7, 11) is 0. The van der Waals surface area contributed by atoms with Crippen LogP contribution >= 0.6 is 0 Å². The number of hydrogen-bond acceptors (Lipinski definition) is 4. The topological polar surface area (TPSA) is 61.6 Å². The molecular formula is C20H15F3N4. The molecule has 4 nitrogen and oxygen atoms in total. The number of alkyl halides is 3. The summed E-state index contributed by atoms with van der Waals surface area (Å²) < 4.78 is 39.1. The summed E-state index contributed by atoms with van der Waals surface area (Å²) in [5.41, 5.74) is 0.718. The zero-order valence-corrected chi connectivity index (χ0v) is 14.2. The van der Waals surface area contributed by atoms with Gasteiger partial charge in [0, 0.05) is 23.7 Å². The van der Waals surface area contributed by atoms with Gasteiger partial charge in [0.25, 0.3) is 0 Å².